The molecule has 0 aliphatic heterocycles. The number of aryl methyl sites for hydroxylation is 2. The monoisotopic (exact) mass is 341 g/mol. The number of rotatable bonds is 5. The van der Waals surface area contributed by atoms with E-state index in [0.717, 1.165) is 48.3 Å². The van der Waals surface area contributed by atoms with Crippen molar-refractivity contribution < 1.29 is 9.53 Å². The molecule has 1 aliphatic rings. The molecule has 1 atom stereocenters. The molecule has 2 aromatic rings. The van der Waals surface area contributed by atoms with E-state index in [2.05, 4.69) is 24.3 Å². The van der Waals surface area contributed by atoms with Crippen molar-refractivity contribution in [2.45, 2.75) is 51.0 Å². The highest BCUT2D eigenvalue weighted by atomic mass is 16.5. The van der Waals surface area contributed by atoms with Crippen LogP contribution in [0.5, 0.6) is 5.75 Å². The van der Waals surface area contributed by atoms with Crippen molar-refractivity contribution in [3.05, 3.63) is 47.3 Å². The molecule has 1 aromatic carbocycles. The molecule has 1 amide bonds. The van der Waals surface area contributed by atoms with E-state index in [0.29, 0.717) is 0 Å². The molecule has 3 rings (SSSR count). The second-order valence-corrected chi connectivity index (χ2v) is 7.51. The van der Waals surface area contributed by atoms with E-state index in [1.807, 2.05) is 42.2 Å². The van der Waals surface area contributed by atoms with Crippen molar-refractivity contribution in [1.29, 1.82) is 0 Å². The smallest absolute Gasteiger partial charge is 0.228 e. The first-order valence-electron chi connectivity index (χ1n) is 8.86. The third-order valence-electron chi connectivity index (χ3n) is 4.82. The number of hydrogen-bond acceptors (Lipinski definition) is 3. The van der Waals surface area contributed by atoms with Gasteiger partial charge in [-0.25, -0.2) is 0 Å². The Kier molecular flexibility index (Phi) is 4.84. The SMILES string of the molecule is COc1ccccc1CC(C)(C)NC(=O)C1CCCc2nn(C)cc21. The highest BCUT2D eigenvalue weighted by Crippen LogP contribution is 2.32. The molecule has 1 heterocycles. The molecule has 25 heavy (non-hydrogen) atoms. The Bertz CT molecular complexity index is 764. The Labute approximate surface area is 149 Å². The van der Waals surface area contributed by atoms with Crippen LogP contribution < -0.4 is 10.1 Å². The zero-order valence-corrected chi connectivity index (χ0v) is 15.5. The molecule has 0 saturated heterocycles. The molecule has 5 nitrogen and oxygen atoms in total. The minimum Gasteiger partial charge on any atom is -0.496 e. The fourth-order valence-electron chi connectivity index (χ4n) is 3.73. The van der Waals surface area contributed by atoms with Gasteiger partial charge in [0.1, 0.15) is 5.75 Å². The van der Waals surface area contributed by atoms with E-state index in [4.69, 9.17) is 4.74 Å². The normalized spacial score (nSPS) is 17.0. The average molecular weight is 341 g/mol. The number of amides is 1. The maximum atomic E-state index is 13.0. The fraction of sp³-hybridized carbons (Fsp3) is 0.500. The summed E-state index contributed by atoms with van der Waals surface area (Å²) in [5, 5.41) is 7.74. The van der Waals surface area contributed by atoms with E-state index >= 15 is 0 Å². The highest BCUT2D eigenvalue weighted by Gasteiger charge is 2.32. The Morgan fingerprint density at radius 3 is 2.92 bits per heavy atom. The summed E-state index contributed by atoms with van der Waals surface area (Å²) in [5.74, 6) is 0.847. The molecule has 1 unspecified atom stereocenters. The molecule has 1 aromatic heterocycles. The Morgan fingerprint density at radius 1 is 1.40 bits per heavy atom. The molecular formula is C20H27N3O2. The van der Waals surface area contributed by atoms with E-state index in [1.165, 1.54) is 0 Å². The topological polar surface area (TPSA) is 56.1 Å². The van der Waals surface area contributed by atoms with Crippen LogP contribution >= 0.6 is 0 Å². The van der Waals surface area contributed by atoms with Gasteiger partial charge >= 0.3 is 0 Å². The van der Waals surface area contributed by atoms with Crippen molar-refractivity contribution in [2.24, 2.45) is 7.05 Å². The summed E-state index contributed by atoms with van der Waals surface area (Å²) < 4.78 is 7.25. The van der Waals surface area contributed by atoms with Crippen LogP contribution in [-0.4, -0.2) is 28.3 Å². The summed E-state index contributed by atoms with van der Waals surface area (Å²) in [4.78, 5) is 13.0. The number of nitrogens with one attached hydrogen (secondary N) is 1. The standard InChI is InChI=1S/C20H27N3O2/c1-20(2,12-14-8-5-6-11-18(14)25-4)21-19(24)15-9-7-10-17-16(15)13-23(3)22-17/h5-6,8,11,13,15H,7,9-10,12H2,1-4H3,(H,21,24). The van der Waals surface area contributed by atoms with E-state index < -0.39 is 0 Å². The first kappa shape index (κ1) is 17.5. The largest absolute Gasteiger partial charge is 0.496 e. The van der Waals surface area contributed by atoms with Gasteiger partial charge in [0.25, 0.3) is 0 Å². The van der Waals surface area contributed by atoms with Gasteiger partial charge in [0.05, 0.1) is 18.7 Å². The Hall–Kier alpha value is -2.30. The first-order valence-corrected chi connectivity index (χ1v) is 8.86. The molecule has 0 bridgehead atoms. The van der Waals surface area contributed by atoms with Crippen LogP contribution in [0.2, 0.25) is 0 Å². The molecule has 1 aliphatic carbocycles. The molecule has 5 heteroatoms. The zero-order valence-electron chi connectivity index (χ0n) is 15.5. The van der Waals surface area contributed by atoms with Crippen LogP contribution in [0.4, 0.5) is 0 Å². The lowest BCUT2D eigenvalue weighted by atomic mass is 9.85. The van der Waals surface area contributed by atoms with Gasteiger partial charge in [0.2, 0.25) is 5.91 Å². The van der Waals surface area contributed by atoms with Gasteiger partial charge in [-0.05, 0) is 51.2 Å². The van der Waals surface area contributed by atoms with Crippen molar-refractivity contribution in [1.82, 2.24) is 15.1 Å². The second-order valence-electron chi connectivity index (χ2n) is 7.51. The molecule has 0 spiro atoms. The number of para-hydroxylation sites is 1. The van der Waals surface area contributed by atoms with E-state index in [-0.39, 0.29) is 17.4 Å². The molecule has 134 valence electrons. The maximum Gasteiger partial charge on any atom is 0.228 e. The summed E-state index contributed by atoms with van der Waals surface area (Å²) in [7, 11) is 3.59. The lowest BCUT2D eigenvalue weighted by Crippen LogP contribution is -2.47. The Morgan fingerprint density at radius 2 is 2.16 bits per heavy atom. The number of fused-ring (bicyclic) bond motifs is 1. The summed E-state index contributed by atoms with van der Waals surface area (Å²) in [6.07, 6.45) is 5.57. The Balaban J connectivity index is 1.74. The summed E-state index contributed by atoms with van der Waals surface area (Å²) in [6.45, 7) is 4.12. The number of nitrogens with zero attached hydrogens (tertiary/aromatic N) is 2. The number of hydrogen-bond donors (Lipinski definition) is 1. The summed E-state index contributed by atoms with van der Waals surface area (Å²) in [6, 6.07) is 7.96. The van der Waals surface area contributed by atoms with Crippen molar-refractivity contribution >= 4 is 5.91 Å². The molecule has 0 radical (unpaired) electrons. The van der Waals surface area contributed by atoms with Crippen LogP contribution in [0.1, 0.15) is 49.4 Å². The number of ether oxygens (including phenoxy) is 1. The third kappa shape index (κ3) is 3.86. The maximum absolute atomic E-state index is 13.0. The number of methoxy groups -OCH3 is 1. The summed E-state index contributed by atoms with van der Waals surface area (Å²) in [5.41, 5.74) is 2.89. The van der Waals surface area contributed by atoms with Crippen LogP contribution in [0, 0.1) is 0 Å². The second kappa shape index (κ2) is 6.90. The predicted molar refractivity (Wildman–Crippen MR) is 97.8 cm³/mol. The van der Waals surface area contributed by atoms with E-state index in [9.17, 15) is 4.79 Å². The molecular weight excluding hydrogens is 314 g/mol. The zero-order chi connectivity index (χ0) is 18.0. The van der Waals surface area contributed by atoms with Crippen LogP contribution in [0.25, 0.3) is 0 Å². The van der Waals surface area contributed by atoms with Gasteiger partial charge in [0.15, 0.2) is 0 Å². The predicted octanol–water partition coefficient (Wildman–Crippen LogP) is 2.99. The quantitative estimate of drug-likeness (QED) is 0.909. The van der Waals surface area contributed by atoms with Crippen LogP contribution in [-0.2, 0) is 24.7 Å². The van der Waals surface area contributed by atoms with Crippen molar-refractivity contribution in [3.8, 4) is 5.75 Å². The minimum atomic E-state index is -0.356. The highest BCUT2D eigenvalue weighted by molar-refractivity contribution is 5.84. The average Bonchev–Trinajstić information content (AvgIpc) is 2.94. The van der Waals surface area contributed by atoms with Gasteiger partial charge in [-0.3, -0.25) is 9.48 Å². The van der Waals surface area contributed by atoms with Crippen molar-refractivity contribution in [3.63, 3.8) is 0 Å². The number of carbonyl (C=O) groups is 1. The lowest BCUT2D eigenvalue weighted by Gasteiger charge is -2.30. The molecule has 0 fully saturated rings. The number of aromatic nitrogens is 2. The van der Waals surface area contributed by atoms with Gasteiger partial charge < -0.3 is 10.1 Å². The summed E-state index contributed by atoms with van der Waals surface area (Å²) >= 11 is 0. The van der Waals surface area contributed by atoms with Gasteiger partial charge in [-0.15, -0.1) is 0 Å². The lowest BCUT2D eigenvalue weighted by molar-refractivity contribution is -0.124. The van der Waals surface area contributed by atoms with Gasteiger partial charge in [-0.2, -0.15) is 5.10 Å². The molecule has 0 saturated carbocycles. The van der Waals surface area contributed by atoms with E-state index in [1.54, 1.807) is 7.11 Å². The van der Waals surface area contributed by atoms with Gasteiger partial charge in [-0.1, -0.05) is 18.2 Å². The number of carbonyl (C=O) groups excluding carboxylic acids is 1. The van der Waals surface area contributed by atoms with Crippen LogP contribution in [0.3, 0.4) is 0 Å². The van der Waals surface area contributed by atoms with Crippen molar-refractivity contribution in [2.75, 3.05) is 7.11 Å². The number of benzene rings is 1. The minimum absolute atomic E-state index is 0.0915. The van der Waals surface area contributed by atoms with Crippen LogP contribution in [0.15, 0.2) is 30.5 Å². The fourth-order valence-corrected chi connectivity index (χ4v) is 3.73. The molecule has 1 N–H and O–H groups in total. The first-order chi connectivity index (χ1) is 11.9. The van der Waals surface area contributed by atoms with Gasteiger partial charge in [0, 0.05) is 24.3 Å². The third-order valence-corrected chi connectivity index (χ3v) is 4.82.